The zero-order valence-electron chi connectivity index (χ0n) is 11.7. The molecule has 0 saturated heterocycles. The molecule has 1 atom stereocenters. The van der Waals surface area contributed by atoms with Gasteiger partial charge in [0.2, 0.25) is 5.95 Å². The van der Waals surface area contributed by atoms with E-state index in [4.69, 9.17) is 4.84 Å². The van der Waals surface area contributed by atoms with Crippen LogP contribution in [0.5, 0.6) is 0 Å². The van der Waals surface area contributed by atoms with E-state index in [2.05, 4.69) is 20.4 Å². The van der Waals surface area contributed by atoms with Gasteiger partial charge in [-0.1, -0.05) is 12.1 Å². The van der Waals surface area contributed by atoms with E-state index < -0.39 is 12.6 Å². The summed E-state index contributed by atoms with van der Waals surface area (Å²) in [5.41, 5.74) is 1.37. The quantitative estimate of drug-likeness (QED) is 0.877. The highest BCUT2D eigenvalue weighted by Gasteiger charge is 2.26. The molecule has 1 aromatic heterocycles. The third kappa shape index (κ3) is 5.20. The Morgan fingerprint density at radius 2 is 2.24 bits per heavy atom. The molecule has 0 fully saturated rings. The Bertz CT molecular complexity index is 504. The van der Waals surface area contributed by atoms with E-state index in [9.17, 15) is 13.2 Å². The lowest BCUT2D eigenvalue weighted by Gasteiger charge is -2.10. The number of halogens is 3. The molecule has 1 aliphatic rings. The van der Waals surface area contributed by atoms with Crippen molar-refractivity contribution >= 4 is 11.7 Å². The van der Waals surface area contributed by atoms with Gasteiger partial charge in [0.15, 0.2) is 0 Å². The minimum atomic E-state index is -4.18. The number of nitrogens with zero attached hydrogens (tertiary/aromatic N) is 3. The average Bonchev–Trinajstić information content (AvgIpc) is 2.91. The van der Waals surface area contributed by atoms with Gasteiger partial charge in [-0.3, -0.25) is 0 Å². The second-order valence-electron chi connectivity index (χ2n) is 4.81. The van der Waals surface area contributed by atoms with Gasteiger partial charge in [0.05, 0.1) is 12.3 Å². The molecule has 0 bridgehead atoms. The third-order valence-electron chi connectivity index (χ3n) is 3.07. The van der Waals surface area contributed by atoms with E-state index in [0.717, 1.165) is 18.6 Å². The van der Waals surface area contributed by atoms with E-state index >= 15 is 0 Å². The molecule has 1 aliphatic heterocycles. The molecule has 1 unspecified atom stereocenters. The third-order valence-corrected chi connectivity index (χ3v) is 3.07. The first-order valence-electron chi connectivity index (χ1n) is 6.80. The number of alkyl halides is 3. The first-order chi connectivity index (χ1) is 9.96. The summed E-state index contributed by atoms with van der Waals surface area (Å²) in [7, 11) is 0. The van der Waals surface area contributed by atoms with Crippen LogP contribution in [0, 0.1) is 0 Å². The maximum absolute atomic E-state index is 12.2. The Morgan fingerprint density at radius 1 is 1.43 bits per heavy atom. The zero-order valence-corrected chi connectivity index (χ0v) is 11.7. The minimum Gasteiger partial charge on any atom is -0.390 e. The van der Waals surface area contributed by atoms with E-state index in [0.29, 0.717) is 18.2 Å². The number of hydrogen-bond donors (Lipinski definition) is 1. The Morgan fingerprint density at radius 3 is 2.90 bits per heavy atom. The molecule has 0 amide bonds. The van der Waals surface area contributed by atoms with Crippen molar-refractivity contribution in [2.75, 3.05) is 11.9 Å². The smallest absolute Gasteiger partial charge is 0.389 e. The number of aryl methyl sites for hydroxylation is 1. The molecule has 116 valence electrons. The summed E-state index contributed by atoms with van der Waals surface area (Å²) >= 11 is 0. The predicted octanol–water partition coefficient (Wildman–Crippen LogP) is 2.94. The number of anilines is 1. The van der Waals surface area contributed by atoms with Gasteiger partial charge in [0.25, 0.3) is 0 Å². The van der Waals surface area contributed by atoms with Crippen molar-refractivity contribution in [3.8, 4) is 0 Å². The van der Waals surface area contributed by atoms with Gasteiger partial charge < -0.3 is 10.2 Å². The maximum Gasteiger partial charge on any atom is 0.389 e. The van der Waals surface area contributed by atoms with Gasteiger partial charge in [-0.25, -0.2) is 9.97 Å². The summed E-state index contributed by atoms with van der Waals surface area (Å²) in [6.07, 6.45) is -2.25. The first kappa shape index (κ1) is 15.5. The van der Waals surface area contributed by atoms with Crippen molar-refractivity contribution in [3.05, 3.63) is 18.0 Å². The van der Waals surface area contributed by atoms with Gasteiger partial charge in [-0.15, -0.1) is 0 Å². The Hall–Kier alpha value is -1.86. The van der Waals surface area contributed by atoms with Crippen molar-refractivity contribution in [1.82, 2.24) is 9.97 Å². The fraction of sp³-hybridized carbons (Fsp3) is 0.615. The number of aromatic nitrogens is 2. The molecule has 5 nitrogen and oxygen atoms in total. The summed E-state index contributed by atoms with van der Waals surface area (Å²) < 4.78 is 36.5. The normalized spacial score (nSPS) is 18.3. The molecule has 1 N–H and O–H groups in total. The molecule has 1 aromatic rings. The molecule has 0 spiro atoms. The first-order valence-corrected chi connectivity index (χ1v) is 6.80. The van der Waals surface area contributed by atoms with Gasteiger partial charge in [-0.05, 0) is 18.9 Å². The van der Waals surface area contributed by atoms with Crippen LogP contribution in [0.15, 0.2) is 17.4 Å². The lowest BCUT2D eigenvalue weighted by atomic mass is 10.1. The average molecular weight is 302 g/mol. The summed E-state index contributed by atoms with van der Waals surface area (Å²) in [4.78, 5) is 13.3. The molecule has 21 heavy (non-hydrogen) atoms. The number of oxime groups is 1. The number of nitrogens with one attached hydrogen (secondary N) is 1. The summed E-state index contributed by atoms with van der Waals surface area (Å²) in [6.45, 7) is 2.47. The van der Waals surface area contributed by atoms with Crippen LogP contribution in [-0.2, 0) is 11.3 Å². The highest BCUT2D eigenvalue weighted by atomic mass is 19.4. The Balaban J connectivity index is 1.81. The van der Waals surface area contributed by atoms with E-state index in [1.54, 1.807) is 0 Å². The predicted molar refractivity (Wildman–Crippen MR) is 72.1 cm³/mol. The Labute approximate surface area is 120 Å². The molecule has 0 aliphatic carbocycles. The molecule has 2 rings (SSSR count). The maximum atomic E-state index is 12.2. The van der Waals surface area contributed by atoms with Crippen LogP contribution in [0.3, 0.4) is 0 Å². The lowest BCUT2D eigenvalue weighted by molar-refractivity contribution is -0.134. The fourth-order valence-corrected chi connectivity index (χ4v) is 1.90. The zero-order chi connectivity index (χ0) is 15.3. The standard InChI is InChI=1S/C13H17F3N4O/c1-2-9-7-11(21-20-9)8-18-12-17-6-4-10(19-12)3-5-13(14,15)16/h4,6,11H,2-3,5,7-8H2,1H3,(H,17,18,19). The fourth-order valence-electron chi connectivity index (χ4n) is 1.90. The van der Waals surface area contributed by atoms with E-state index in [1.165, 1.54) is 12.3 Å². The van der Waals surface area contributed by atoms with Crippen LogP contribution in [0.4, 0.5) is 19.1 Å². The summed E-state index contributed by atoms with van der Waals surface area (Å²) in [5, 5.41) is 6.90. The summed E-state index contributed by atoms with van der Waals surface area (Å²) in [5.74, 6) is 0.309. The van der Waals surface area contributed by atoms with Gasteiger partial charge in [0, 0.05) is 24.7 Å². The van der Waals surface area contributed by atoms with Gasteiger partial charge >= 0.3 is 6.18 Å². The highest BCUT2D eigenvalue weighted by Crippen LogP contribution is 2.21. The topological polar surface area (TPSA) is 59.4 Å². The molecule has 8 heteroatoms. The lowest BCUT2D eigenvalue weighted by Crippen LogP contribution is -2.21. The van der Waals surface area contributed by atoms with Crippen LogP contribution in [0.2, 0.25) is 0 Å². The van der Waals surface area contributed by atoms with Crippen molar-refractivity contribution in [2.45, 2.75) is 44.9 Å². The summed E-state index contributed by atoms with van der Waals surface area (Å²) in [6, 6.07) is 1.49. The van der Waals surface area contributed by atoms with Crippen LogP contribution in [0.25, 0.3) is 0 Å². The SMILES string of the molecule is CCC1=NOC(CNc2nccc(CCC(F)(F)F)n2)C1. The number of hydrogen-bond acceptors (Lipinski definition) is 5. The van der Waals surface area contributed by atoms with Crippen LogP contribution in [0.1, 0.15) is 31.9 Å². The molecular weight excluding hydrogens is 285 g/mol. The van der Waals surface area contributed by atoms with Crippen molar-refractivity contribution in [2.24, 2.45) is 5.16 Å². The largest absolute Gasteiger partial charge is 0.390 e. The van der Waals surface area contributed by atoms with Crippen molar-refractivity contribution < 1.29 is 18.0 Å². The molecule has 2 heterocycles. The molecule has 0 aromatic carbocycles. The van der Waals surface area contributed by atoms with E-state index in [-0.39, 0.29) is 12.5 Å². The second-order valence-corrected chi connectivity index (χ2v) is 4.81. The van der Waals surface area contributed by atoms with Gasteiger partial charge in [-0.2, -0.15) is 13.2 Å². The molecule has 0 saturated carbocycles. The highest BCUT2D eigenvalue weighted by molar-refractivity contribution is 5.85. The van der Waals surface area contributed by atoms with Gasteiger partial charge in [0.1, 0.15) is 6.10 Å². The van der Waals surface area contributed by atoms with Crippen LogP contribution in [-0.4, -0.2) is 34.5 Å². The van der Waals surface area contributed by atoms with Crippen LogP contribution >= 0.6 is 0 Å². The molecule has 0 radical (unpaired) electrons. The van der Waals surface area contributed by atoms with Crippen LogP contribution < -0.4 is 5.32 Å². The number of rotatable bonds is 6. The minimum absolute atomic E-state index is 0.0811. The monoisotopic (exact) mass is 302 g/mol. The molecular formula is C13H17F3N4O. The van der Waals surface area contributed by atoms with E-state index in [1.807, 2.05) is 6.92 Å². The second kappa shape index (κ2) is 6.73. The van der Waals surface area contributed by atoms with Crippen molar-refractivity contribution in [3.63, 3.8) is 0 Å². The Kier molecular flexibility index (Phi) is 4.98. The van der Waals surface area contributed by atoms with Crippen molar-refractivity contribution in [1.29, 1.82) is 0 Å².